The zero-order chi connectivity index (χ0) is 24.1. The van der Waals surface area contributed by atoms with Gasteiger partial charge in [-0.25, -0.2) is 4.98 Å². The van der Waals surface area contributed by atoms with Gasteiger partial charge in [-0.3, -0.25) is 19.0 Å². The lowest BCUT2D eigenvalue weighted by Crippen LogP contribution is -2.40. The lowest BCUT2D eigenvalue weighted by atomic mass is 9.96. The van der Waals surface area contributed by atoms with Crippen LogP contribution in [0.5, 0.6) is 5.75 Å². The molecule has 4 rings (SSSR count). The molecule has 0 bridgehead atoms. The largest absolute Gasteiger partial charge is 0.497 e. The summed E-state index contributed by atoms with van der Waals surface area (Å²) in [5.41, 5.74) is 0.989. The highest BCUT2D eigenvalue weighted by Gasteiger charge is 2.26. The zero-order valence-corrected chi connectivity index (χ0v) is 20.1. The number of rotatable bonds is 8. The maximum atomic E-state index is 13.0. The number of nitrogens with zero attached hydrogens (tertiary/aromatic N) is 4. The summed E-state index contributed by atoms with van der Waals surface area (Å²) in [6.45, 7) is 4.14. The predicted octanol–water partition coefficient (Wildman–Crippen LogP) is 1.53. The van der Waals surface area contributed by atoms with Crippen molar-refractivity contribution in [1.29, 1.82) is 0 Å². The van der Waals surface area contributed by atoms with Crippen molar-refractivity contribution in [1.82, 2.24) is 25.2 Å². The van der Waals surface area contributed by atoms with Gasteiger partial charge in [-0.2, -0.15) is 4.98 Å². The Labute approximate surface area is 201 Å². The molecule has 180 valence electrons. The van der Waals surface area contributed by atoms with Gasteiger partial charge < -0.3 is 20.3 Å². The fourth-order valence-corrected chi connectivity index (χ4v) is 4.95. The van der Waals surface area contributed by atoms with Crippen molar-refractivity contribution in [2.24, 2.45) is 5.92 Å². The number of hydrogen-bond acceptors (Lipinski definition) is 8. The molecule has 0 radical (unpaired) electrons. The average molecular weight is 485 g/mol. The molecule has 0 atom stereocenters. The molecule has 1 aliphatic heterocycles. The molecule has 1 aromatic carbocycles. The van der Waals surface area contributed by atoms with Crippen LogP contribution in [0.25, 0.3) is 10.3 Å². The van der Waals surface area contributed by atoms with Crippen LogP contribution in [0.1, 0.15) is 25.3 Å². The third kappa shape index (κ3) is 5.36. The molecule has 2 N–H and O–H groups in total. The van der Waals surface area contributed by atoms with E-state index in [1.54, 1.807) is 7.11 Å². The molecule has 3 heterocycles. The van der Waals surface area contributed by atoms with E-state index in [1.807, 2.05) is 31.2 Å². The number of carbonyl (C=O) groups excluding carboxylic acids is 2. The van der Waals surface area contributed by atoms with E-state index in [0.29, 0.717) is 47.4 Å². The predicted molar refractivity (Wildman–Crippen MR) is 130 cm³/mol. The Morgan fingerprint density at radius 3 is 2.76 bits per heavy atom. The molecule has 2 amide bonds. The third-order valence-corrected chi connectivity index (χ3v) is 6.89. The van der Waals surface area contributed by atoms with E-state index in [4.69, 9.17) is 4.74 Å². The summed E-state index contributed by atoms with van der Waals surface area (Å²) in [7, 11) is 1.59. The fourth-order valence-electron chi connectivity index (χ4n) is 3.93. The number of amides is 2. The van der Waals surface area contributed by atoms with E-state index in [9.17, 15) is 14.4 Å². The van der Waals surface area contributed by atoms with E-state index < -0.39 is 0 Å². The van der Waals surface area contributed by atoms with E-state index in [2.05, 4.69) is 25.5 Å². The second kappa shape index (κ2) is 10.6. The first-order valence-corrected chi connectivity index (χ1v) is 12.1. The van der Waals surface area contributed by atoms with Gasteiger partial charge in [0.2, 0.25) is 11.8 Å². The first-order chi connectivity index (χ1) is 16.5. The first kappa shape index (κ1) is 23.7. The summed E-state index contributed by atoms with van der Waals surface area (Å²) < 4.78 is 6.91. The van der Waals surface area contributed by atoms with E-state index in [-0.39, 0.29) is 29.8 Å². The number of ether oxygens (including phenoxy) is 1. The summed E-state index contributed by atoms with van der Waals surface area (Å²) in [4.78, 5) is 48.4. The number of fused-ring (bicyclic) bond motifs is 1. The van der Waals surface area contributed by atoms with Gasteiger partial charge in [0.1, 0.15) is 23.3 Å². The Hall–Kier alpha value is -3.47. The molecular formula is C23H28N6O4S. The smallest absolute Gasteiger partial charge is 0.273 e. The molecule has 1 saturated heterocycles. The van der Waals surface area contributed by atoms with Crippen LogP contribution in [-0.2, 0) is 22.7 Å². The highest BCUT2D eigenvalue weighted by molar-refractivity contribution is 7.22. The number of piperidine rings is 1. The van der Waals surface area contributed by atoms with Crippen LogP contribution in [0.15, 0.2) is 35.4 Å². The zero-order valence-electron chi connectivity index (χ0n) is 19.2. The Kier molecular flexibility index (Phi) is 7.41. The highest BCUT2D eigenvalue weighted by atomic mass is 32.1. The molecular weight excluding hydrogens is 456 g/mol. The quantitative estimate of drug-likeness (QED) is 0.498. The van der Waals surface area contributed by atoms with Crippen LogP contribution >= 0.6 is 11.3 Å². The number of benzene rings is 1. The van der Waals surface area contributed by atoms with Gasteiger partial charge in [-0.1, -0.05) is 23.5 Å². The minimum absolute atomic E-state index is 0.0106. The number of thiazole rings is 1. The van der Waals surface area contributed by atoms with Gasteiger partial charge in [0.15, 0.2) is 10.8 Å². The first-order valence-electron chi connectivity index (χ1n) is 11.3. The highest BCUT2D eigenvalue weighted by Crippen LogP contribution is 2.29. The van der Waals surface area contributed by atoms with Gasteiger partial charge in [-0.05, 0) is 37.5 Å². The Bertz CT molecular complexity index is 1230. The summed E-state index contributed by atoms with van der Waals surface area (Å²) in [5, 5.41) is 6.42. The summed E-state index contributed by atoms with van der Waals surface area (Å²) in [6, 6.07) is 7.42. The number of nitrogens with one attached hydrogen (secondary N) is 2. The maximum absolute atomic E-state index is 13.0. The monoisotopic (exact) mass is 484 g/mol. The maximum Gasteiger partial charge on any atom is 0.273 e. The minimum Gasteiger partial charge on any atom is -0.497 e. The van der Waals surface area contributed by atoms with E-state index in [0.717, 1.165) is 18.4 Å². The Balaban J connectivity index is 1.39. The number of hydrogen-bond donors (Lipinski definition) is 2. The average Bonchev–Trinajstić information content (AvgIpc) is 3.30. The molecule has 1 aliphatic rings. The molecule has 34 heavy (non-hydrogen) atoms. The van der Waals surface area contributed by atoms with Crippen LogP contribution in [0.2, 0.25) is 0 Å². The van der Waals surface area contributed by atoms with Gasteiger partial charge in [0.05, 0.1) is 7.11 Å². The summed E-state index contributed by atoms with van der Waals surface area (Å²) >= 11 is 1.28. The Morgan fingerprint density at radius 1 is 1.24 bits per heavy atom. The molecule has 0 spiro atoms. The lowest BCUT2D eigenvalue weighted by Gasteiger charge is -2.30. The standard InChI is InChI=1S/C23H28N6O4S/c1-3-24-21(31)16-7-9-28(10-8-16)23-27-20-19(34-23)22(32)29(14-26-20)13-18(30)25-12-15-5-4-6-17(11-15)33-2/h4-6,11,14,16H,3,7-10,12-13H2,1-2H3,(H,24,31)(H,25,30). The van der Waals surface area contributed by atoms with Gasteiger partial charge in [-0.15, -0.1) is 0 Å². The third-order valence-electron chi connectivity index (χ3n) is 5.80. The van der Waals surface area contributed by atoms with Crippen LogP contribution in [0, 0.1) is 5.92 Å². The molecule has 0 saturated carbocycles. The second-order valence-corrected chi connectivity index (χ2v) is 9.09. The fraction of sp³-hybridized carbons (Fsp3) is 0.435. The minimum atomic E-state index is -0.289. The van der Waals surface area contributed by atoms with E-state index in [1.165, 1.54) is 22.2 Å². The summed E-state index contributed by atoms with van der Waals surface area (Å²) in [5.74, 6) is 0.535. The molecule has 1 fully saturated rings. The van der Waals surface area contributed by atoms with Crippen LogP contribution < -0.4 is 25.8 Å². The van der Waals surface area contributed by atoms with Gasteiger partial charge >= 0.3 is 0 Å². The number of carbonyl (C=O) groups is 2. The van der Waals surface area contributed by atoms with Crippen molar-refractivity contribution in [2.45, 2.75) is 32.9 Å². The van der Waals surface area contributed by atoms with Crippen molar-refractivity contribution in [3.63, 3.8) is 0 Å². The number of methoxy groups -OCH3 is 1. The van der Waals surface area contributed by atoms with Crippen molar-refractivity contribution >= 4 is 38.6 Å². The topological polar surface area (TPSA) is 118 Å². The van der Waals surface area contributed by atoms with Crippen LogP contribution in [-0.4, -0.2) is 53.1 Å². The number of anilines is 1. The lowest BCUT2D eigenvalue weighted by molar-refractivity contribution is -0.125. The molecule has 3 aromatic rings. The van der Waals surface area contributed by atoms with Crippen molar-refractivity contribution < 1.29 is 14.3 Å². The van der Waals surface area contributed by atoms with E-state index >= 15 is 0 Å². The number of aromatic nitrogens is 3. The molecule has 2 aromatic heterocycles. The van der Waals surface area contributed by atoms with Crippen molar-refractivity contribution in [3.8, 4) is 5.75 Å². The Morgan fingerprint density at radius 2 is 2.03 bits per heavy atom. The molecule has 11 heteroatoms. The van der Waals surface area contributed by atoms with Gasteiger partial charge in [0, 0.05) is 32.1 Å². The van der Waals surface area contributed by atoms with Crippen LogP contribution in [0.4, 0.5) is 5.13 Å². The van der Waals surface area contributed by atoms with Crippen LogP contribution in [0.3, 0.4) is 0 Å². The SMILES string of the molecule is CCNC(=O)C1CCN(c2nc3ncn(CC(=O)NCc4cccc(OC)c4)c(=O)c3s2)CC1. The van der Waals surface area contributed by atoms with Crippen molar-refractivity contribution in [3.05, 3.63) is 46.5 Å². The van der Waals surface area contributed by atoms with Gasteiger partial charge in [0.25, 0.3) is 5.56 Å². The molecule has 0 unspecified atom stereocenters. The second-order valence-electron chi connectivity index (χ2n) is 8.11. The summed E-state index contributed by atoms with van der Waals surface area (Å²) in [6.07, 6.45) is 2.85. The normalized spacial score (nSPS) is 14.2. The van der Waals surface area contributed by atoms with Crippen molar-refractivity contribution in [2.75, 3.05) is 31.6 Å². The molecule has 0 aliphatic carbocycles. The molecule has 10 nitrogen and oxygen atoms in total.